The Morgan fingerprint density at radius 3 is 2.42 bits per heavy atom. The van der Waals surface area contributed by atoms with Gasteiger partial charge in [0.25, 0.3) is 0 Å². The Kier molecular flexibility index (Phi) is 5.48. The summed E-state index contributed by atoms with van der Waals surface area (Å²) >= 11 is 0. The van der Waals surface area contributed by atoms with Crippen molar-refractivity contribution in [2.24, 2.45) is 0 Å². The van der Waals surface area contributed by atoms with E-state index in [1.165, 1.54) is 6.07 Å². The van der Waals surface area contributed by atoms with Crippen LogP contribution in [-0.2, 0) is 0 Å². The number of rotatable bonds is 5. The normalized spacial score (nSPS) is 17.6. The molecule has 1 aliphatic rings. The smallest absolute Gasteiger partial charge is 0.410 e. The van der Waals surface area contributed by atoms with E-state index >= 15 is 0 Å². The minimum atomic E-state index is -0.636. The second-order valence-corrected chi connectivity index (χ2v) is 9.66. The zero-order valence-corrected chi connectivity index (χ0v) is 19.2. The molecule has 0 radical (unpaired) electrons. The van der Waals surface area contributed by atoms with Gasteiger partial charge in [-0.25, -0.2) is 4.98 Å². The Hall–Kier alpha value is -3.67. The molecule has 2 N–H and O–H groups in total. The van der Waals surface area contributed by atoms with Crippen LogP contribution in [0.1, 0.15) is 40.5 Å². The number of hydrogen-bond donors (Lipinski definition) is 2. The molecule has 0 atom stereocenters. The number of nitrogens with zero attached hydrogens (tertiary/aromatic N) is 8. The SMILES string of the molecule is CN(c1ncc(-c2ccc(-n3ncc([N+](=O)[O-])n3)cc2O)nn1)C1CC(C)(C)NC(C)(C)C1. The van der Waals surface area contributed by atoms with Crippen molar-refractivity contribution in [3.63, 3.8) is 0 Å². The molecular weight excluding hydrogens is 426 g/mol. The average molecular weight is 454 g/mol. The number of aromatic nitrogens is 6. The van der Waals surface area contributed by atoms with E-state index in [0.29, 0.717) is 22.9 Å². The summed E-state index contributed by atoms with van der Waals surface area (Å²) in [6.45, 7) is 8.78. The highest BCUT2D eigenvalue weighted by Crippen LogP contribution is 2.33. The van der Waals surface area contributed by atoms with E-state index in [2.05, 4.69) is 63.3 Å². The van der Waals surface area contributed by atoms with Crippen molar-refractivity contribution in [1.82, 2.24) is 35.5 Å². The molecule has 1 fully saturated rings. The molecule has 174 valence electrons. The van der Waals surface area contributed by atoms with E-state index in [9.17, 15) is 15.2 Å². The van der Waals surface area contributed by atoms with Crippen molar-refractivity contribution in [2.45, 2.75) is 57.7 Å². The van der Waals surface area contributed by atoms with E-state index in [1.807, 2.05) is 7.05 Å². The van der Waals surface area contributed by atoms with Gasteiger partial charge < -0.3 is 25.4 Å². The van der Waals surface area contributed by atoms with Gasteiger partial charge in [0.05, 0.1) is 11.3 Å². The van der Waals surface area contributed by atoms with Crippen LogP contribution in [-0.4, -0.2) is 64.4 Å². The quantitative estimate of drug-likeness (QED) is 0.436. The third-order valence-electron chi connectivity index (χ3n) is 5.74. The molecule has 0 unspecified atom stereocenters. The number of phenols is 1. The molecule has 1 saturated heterocycles. The molecular formula is C21H27N9O3. The van der Waals surface area contributed by atoms with E-state index < -0.39 is 4.92 Å². The summed E-state index contributed by atoms with van der Waals surface area (Å²) in [5, 5.41) is 41.2. The maximum atomic E-state index is 10.8. The second-order valence-electron chi connectivity index (χ2n) is 9.66. The van der Waals surface area contributed by atoms with Gasteiger partial charge in [0.1, 0.15) is 17.1 Å². The second kappa shape index (κ2) is 8.03. The van der Waals surface area contributed by atoms with Gasteiger partial charge in [0.15, 0.2) is 6.20 Å². The molecule has 0 saturated carbocycles. The van der Waals surface area contributed by atoms with Gasteiger partial charge in [-0.1, -0.05) is 4.80 Å². The Balaban J connectivity index is 1.53. The Bertz CT molecular complexity index is 1160. The molecule has 0 aliphatic carbocycles. The Morgan fingerprint density at radius 2 is 1.88 bits per heavy atom. The monoisotopic (exact) mass is 453 g/mol. The maximum Gasteiger partial charge on any atom is 0.410 e. The standard InChI is InChI=1S/C21H27N9O3/c1-20(2)9-14(10-21(3,4)27-20)28(5)19-22-11-16(24-25-19)15-7-6-13(8-17(15)31)29-23-12-18(26-29)30(32)33/h6-8,11-12,14,27,31H,9-10H2,1-5H3. The van der Waals surface area contributed by atoms with Gasteiger partial charge in [-0.2, -0.15) is 0 Å². The van der Waals surface area contributed by atoms with Crippen LogP contribution in [0, 0.1) is 10.1 Å². The summed E-state index contributed by atoms with van der Waals surface area (Å²) in [4.78, 5) is 17.8. The van der Waals surface area contributed by atoms with Crippen LogP contribution in [0.4, 0.5) is 11.8 Å². The molecule has 0 amide bonds. The fraction of sp³-hybridized carbons (Fsp3) is 0.476. The van der Waals surface area contributed by atoms with Crippen LogP contribution in [0.3, 0.4) is 0 Å². The summed E-state index contributed by atoms with van der Waals surface area (Å²) in [7, 11) is 1.97. The third-order valence-corrected chi connectivity index (χ3v) is 5.74. The molecule has 12 heteroatoms. The molecule has 1 aromatic carbocycles. The molecule has 4 rings (SSSR count). The predicted molar refractivity (Wildman–Crippen MR) is 121 cm³/mol. The number of aromatic hydroxyl groups is 1. The van der Waals surface area contributed by atoms with Crippen LogP contribution >= 0.6 is 0 Å². The van der Waals surface area contributed by atoms with Gasteiger partial charge >= 0.3 is 5.82 Å². The minimum Gasteiger partial charge on any atom is -0.507 e. The third kappa shape index (κ3) is 4.75. The molecule has 3 aromatic rings. The lowest BCUT2D eigenvalue weighted by atomic mass is 9.79. The highest BCUT2D eigenvalue weighted by atomic mass is 16.6. The lowest BCUT2D eigenvalue weighted by Crippen LogP contribution is -2.62. The summed E-state index contributed by atoms with van der Waals surface area (Å²) in [6, 6.07) is 4.90. The number of phenolic OH excluding ortho intramolecular Hbond substituents is 1. The van der Waals surface area contributed by atoms with Crippen molar-refractivity contribution < 1.29 is 10.0 Å². The molecule has 33 heavy (non-hydrogen) atoms. The van der Waals surface area contributed by atoms with Gasteiger partial charge in [0.2, 0.25) is 5.95 Å². The highest BCUT2D eigenvalue weighted by Gasteiger charge is 2.39. The van der Waals surface area contributed by atoms with Crippen LogP contribution in [0.15, 0.2) is 30.6 Å². The van der Waals surface area contributed by atoms with Gasteiger partial charge in [0, 0.05) is 35.8 Å². The number of anilines is 1. The van der Waals surface area contributed by atoms with E-state index in [0.717, 1.165) is 23.8 Å². The molecule has 3 heterocycles. The van der Waals surface area contributed by atoms with E-state index in [-0.39, 0.29) is 28.7 Å². The number of benzene rings is 1. The molecule has 1 aliphatic heterocycles. The van der Waals surface area contributed by atoms with E-state index in [4.69, 9.17) is 0 Å². The highest BCUT2D eigenvalue weighted by molar-refractivity contribution is 5.68. The molecule has 12 nitrogen and oxygen atoms in total. The zero-order chi connectivity index (χ0) is 24.0. The van der Waals surface area contributed by atoms with Crippen molar-refractivity contribution in [2.75, 3.05) is 11.9 Å². The number of piperidine rings is 1. The summed E-state index contributed by atoms with van der Waals surface area (Å²) < 4.78 is 0. The van der Waals surface area contributed by atoms with Crippen molar-refractivity contribution >= 4 is 11.8 Å². The van der Waals surface area contributed by atoms with Crippen molar-refractivity contribution in [3.05, 3.63) is 40.7 Å². The van der Waals surface area contributed by atoms with E-state index in [1.54, 1.807) is 18.3 Å². The van der Waals surface area contributed by atoms with Gasteiger partial charge in [-0.15, -0.1) is 15.3 Å². The first-order chi connectivity index (χ1) is 15.4. The Morgan fingerprint density at radius 1 is 1.18 bits per heavy atom. The fourth-order valence-corrected chi connectivity index (χ4v) is 4.58. The van der Waals surface area contributed by atoms with Crippen LogP contribution in [0.5, 0.6) is 5.75 Å². The van der Waals surface area contributed by atoms with Gasteiger partial charge in [-0.05, 0) is 57.6 Å². The lowest BCUT2D eigenvalue weighted by Gasteiger charge is -2.48. The minimum absolute atomic E-state index is 0.00849. The van der Waals surface area contributed by atoms with Gasteiger partial charge in [-0.3, -0.25) is 0 Å². The number of nitro groups is 1. The van der Waals surface area contributed by atoms with Crippen LogP contribution < -0.4 is 10.2 Å². The average Bonchev–Trinajstić information content (AvgIpc) is 3.22. The predicted octanol–water partition coefficient (Wildman–Crippen LogP) is 2.48. The molecule has 2 aromatic heterocycles. The first kappa shape index (κ1) is 22.5. The zero-order valence-electron chi connectivity index (χ0n) is 19.2. The lowest BCUT2D eigenvalue weighted by molar-refractivity contribution is -0.389. The first-order valence-electron chi connectivity index (χ1n) is 10.6. The topological polar surface area (TPSA) is 148 Å². The Labute approximate surface area is 190 Å². The maximum absolute atomic E-state index is 10.8. The fourth-order valence-electron chi connectivity index (χ4n) is 4.58. The molecule has 0 spiro atoms. The summed E-state index contributed by atoms with van der Waals surface area (Å²) in [5.74, 6) is 0.0433. The first-order valence-corrected chi connectivity index (χ1v) is 10.6. The number of hydrogen-bond acceptors (Lipinski definition) is 10. The van der Waals surface area contributed by atoms with Crippen molar-refractivity contribution in [1.29, 1.82) is 0 Å². The largest absolute Gasteiger partial charge is 0.507 e. The summed E-state index contributed by atoms with van der Waals surface area (Å²) in [5.41, 5.74) is 1.19. The van der Waals surface area contributed by atoms with Crippen LogP contribution in [0.25, 0.3) is 16.9 Å². The summed E-state index contributed by atoms with van der Waals surface area (Å²) in [6.07, 6.45) is 4.50. The molecule has 0 bridgehead atoms. The van der Waals surface area contributed by atoms with Crippen molar-refractivity contribution in [3.8, 4) is 22.7 Å². The van der Waals surface area contributed by atoms with Crippen LogP contribution in [0.2, 0.25) is 0 Å². The number of nitrogens with one attached hydrogen (secondary N) is 1.